The minimum atomic E-state index is -1.02. The Hall–Kier alpha value is -1.73. The van der Waals surface area contributed by atoms with Crippen molar-refractivity contribution in [3.05, 3.63) is 18.1 Å². The third-order valence-corrected chi connectivity index (χ3v) is 3.32. The highest BCUT2D eigenvalue weighted by molar-refractivity contribution is 5.86. The average Bonchev–Trinajstić information content (AvgIpc) is 2.48. The second-order valence-corrected chi connectivity index (χ2v) is 4.59. The molecule has 0 saturated carbocycles. The van der Waals surface area contributed by atoms with Gasteiger partial charge in [-0.2, -0.15) is 0 Å². The van der Waals surface area contributed by atoms with Crippen molar-refractivity contribution in [2.24, 2.45) is 0 Å². The summed E-state index contributed by atoms with van der Waals surface area (Å²) < 4.78 is 5.35. The maximum absolute atomic E-state index is 10.9. The van der Waals surface area contributed by atoms with Crippen LogP contribution in [-0.4, -0.2) is 71.9 Å². The van der Waals surface area contributed by atoms with Crippen molar-refractivity contribution in [2.75, 3.05) is 50.8 Å². The van der Waals surface area contributed by atoms with Crippen LogP contribution in [0.5, 0.6) is 0 Å². The molecule has 1 aromatic rings. The summed E-state index contributed by atoms with van der Waals surface area (Å²) in [6, 6.07) is 1.53. The summed E-state index contributed by atoms with van der Waals surface area (Å²) in [7, 11) is 0. The first kappa shape index (κ1) is 14.7. The first-order chi connectivity index (χ1) is 9.70. The Bertz CT molecular complexity index is 447. The SMILES string of the molecule is CCOCCN1CCN(c2cc(C(=O)O)ncn2)CC1. The zero-order valence-corrected chi connectivity index (χ0v) is 11.7. The quantitative estimate of drug-likeness (QED) is 0.752. The van der Waals surface area contributed by atoms with Gasteiger partial charge >= 0.3 is 5.97 Å². The number of rotatable bonds is 6. The maximum atomic E-state index is 10.9. The number of hydrogen-bond acceptors (Lipinski definition) is 6. The van der Waals surface area contributed by atoms with Crippen LogP contribution >= 0.6 is 0 Å². The molecule has 0 aromatic carbocycles. The normalized spacial score (nSPS) is 16.4. The maximum Gasteiger partial charge on any atom is 0.354 e. The summed E-state index contributed by atoms with van der Waals surface area (Å²) in [5, 5.41) is 8.94. The van der Waals surface area contributed by atoms with E-state index in [4.69, 9.17) is 9.84 Å². The third kappa shape index (κ3) is 3.88. The van der Waals surface area contributed by atoms with Gasteiger partial charge in [0.15, 0.2) is 5.69 Å². The molecule has 1 aromatic heterocycles. The third-order valence-electron chi connectivity index (χ3n) is 3.32. The fraction of sp³-hybridized carbons (Fsp3) is 0.615. The zero-order valence-electron chi connectivity index (χ0n) is 11.7. The molecule has 1 saturated heterocycles. The largest absolute Gasteiger partial charge is 0.477 e. The first-order valence-electron chi connectivity index (χ1n) is 6.81. The molecule has 0 bridgehead atoms. The second kappa shape index (κ2) is 7.16. The van der Waals surface area contributed by atoms with Gasteiger partial charge in [-0.3, -0.25) is 4.90 Å². The van der Waals surface area contributed by atoms with Crippen LogP contribution in [0.25, 0.3) is 0 Å². The summed E-state index contributed by atoms with van der Waals surface area (Å²) in [6.07, 6.45) is 1.31. The summed E-state index contributed by atoms with van der Waals surface area (Å²) in [5.41, 5.74) is 0.0359. The van der Waals surface area contributed by atoms with Gasteiger partial charge in [0.05, 0.1) is 6.61 Å². The van der Waals surface area contributed by atoms with Crippen LogP contribution in [-0.2, 0) is 4.74 Å². The van der Waals surface area contributed by atoms with E-state index in [0.29, 0.717) is 5.82 Å². The first-order valence-corrected chi connectivity index (χ1v) is 6.81. The van der Waals surface area contributed by atoms with Crippen LogP contribution in [0, 0.1) is 0 Å². The smallest absolute Gasteiger partial charge is 0.354 e. The molecule has 1 aliphatic rings. The molecular formula is C13H20N4O3. The number of aromatic carboxylic acids is 1. The van der Waals surface area contributed by atoms with Crippen LogP contribution in [0.3, 0.4) is 0 Å². The molecule has 0 radical (unpaired) electrons. The Balaban J connectivity index is 1.87. The summed E-state index contributed by atoms with van der Waals surface area (Å²) in [4.78, 5) is 23.2. The molecule has 7 nitrogen and oxygen atoms in total. The zero-order chi connectivity index (χ0) is 14.4. The van der Waals surface area contributed by atoms with Gasteiger partial charge in [-0.05, 0) is 6.92 Å². The van der Waals surface area contributed by atoms with Crippen LogP contribution in [0.2, 0.25) is 0 Å². The molecule has 1 fully saturated rings. The van der Waals surface area contributed by atoms with Crippen molar-refractivity contribution in [3.8, 4) is 0 Å². The standard InChI is InChI=1S/C13H20N4O3/c1-2-20-8-7-16-3-5-17(6-4-16)12-9-11(13(18)19)14-10-15-12/h9-10H,2-8H2,1H3,(H,18,19). The molecule has 1 aliphatic heterocycles. The lowest BCUT2D eigenvalue weighted by atomic mass is 10.3. The Kier molecular flexibility index (Phi) is 5.25. The number of carbonyl (C=O) groups is 1. The second-order valence-electron chi connectivity index (χ2n) is 4.59. The molecule has 2 heterocycles. The Morgan fingerprint density at radius 2 is 2.10 bits per heavy atom. The van der Waals surface area contributed by atoms with Gasteiger partial charge in [0, 0.05) is 45.4 Å². The number of nitrogens with zero attached hydrogens (tertiary/aromatic N) is 4. The van der Waals surface area contributed by atoms with Gasteiger partial charge in [0.1, 0.15) is 12.1 Å². The van der Waals surface area contributed by atoms with Crippen molar-refractivity contribution in [1.82, 2.24) is 14.9 Å². The van der Waals surface area contributed by atoms with Crippen molar-refractivity contribution in [3.63, 3.8) is 0 Å². The van der Waals surface area contributed by atoms with E-state index in [9.17, 15) is 4.79 Å². The van der Waals surface area contributed by atoms with E-state index in [2.05, 4.69) is 19.8 Å². The Morgan fingerprint density at radius 1 is 1.35 bits per heavy atom. The average molecular weight is 280 g/mol. The molecule has 110 valence electrons. The lowest BCUT2D eigenvalue weighted by Crippen LogP contribution is -2.47. The van der Waals surface area contributed by atoms with Gasteiger partial charge in [0.2, 0.25) is 0 Å². The van der Waals surface area contributed by atoms with Crippen LogP contribution in [0.15, 0.2) is 12.4 Å². The topological polar surface area (TPSA) is 78.8 Å². The van der Waals surface area contributed by atoms with E-state index in [1.807, 2.05) is 6.92 Å². The van der Waals surface area contributed by atoms with Gasteiger partial charge in [-0.25, -0.2) is 14.8 Å². The monoisotopic (exact) mass is 280 g/mol. The predicted octanol–water partition coefficient (Wildman–Crippen LogP) is 0.333. The van der Waals surface area contributed by atoms with E-state index in [-0.39, 0.29) is 5.69 Å². The Morgan fingerprint density at radius 3 is 2.75 bits per heavy atom. The molecule has 20 heavy (non-hydrogen) atoms. The lowest BCUT2D eigenvalue weighted by Gasteiger charge is -2.35. The predicted molar refractivity (Wildman–Crippen MR) is 74.1 cm³/mol. The fourth-order valence-corrected chi connectivity index (χ4v) is 2.18. The molecule has 0 unspecified atom stereocenters. The molecule has 0 aliphatic carbocycles. The number of aromatic nitrogens is 2. The number of carboxylic acid groups (broad SMARTS) is 1. The van der Waals surface area contributed by atoms with Crippen LogP contribution in [0.1, 0.15) is 17.4 Å². The van der Waals surface area contributed by atoms with Crippen LogP contribution in [0.4, 0.5) is 5.82 Å². The number of piperazine rings is 1. The van der Waals surface area contributed by atoms with Crippen molar-refractivity contribution in [2.45, 2.75) is 6.92 Å². The van der Waals surface area contributed by atoms with E-state index >= 15 is 0 Å². The van der Waals surface area contributed by atoms with Crippen molar-refractivity contribution >= 4 is 11.8 Å². The highest BCUT2D eigenvalue weighted by atomic mass is 16.5. The van der Waals surface area contributed by atoms with Gasteiger partial charge in [0.25, 0.3) is 0 Å². The number of carboxylic acids is 1. The minimum absolute atomic E-state index is 0.0359. The van der Waals surface area contributed by atoms with E-state index in [1.54, 1.807) is 0 Å². The fourth-order valence-electron chi connectivity index (χ4n) is 2.18. The van der Waals surface area contributed by atoms with Gasteiger partial charge in [-0.15, -0.1) is 0 Å². The number of hydrogen-bond donors (Lipinski definition) is 1. The minimum Gasteiger partial charge on any atom is -0.477 e. The van der Waals surface area contributed by atoms with Gasteiger partial charge in [-0.1, -0.05) is 0 Å². The molecular weight excluding hydrogens is 260 g/mol. The van der Waals surface area contributed by atoms with Crippen LogP contribution < -0.4 is 4.90 Å². The Labute approximate surface area is 118 Å². The number of anilines is 1. The highest BCUT2D eigenvalue weighted by Crippen LogP contribution is 2.13. The summed E-state index contributed by atoms with van der Waals surface area (Å²) in [5.74, 6) is -0.342. The van der Waals surface area contributed by atoms with Gasteiger partial charge < -0.3 is 14.7 Å². The molecule has 0 amide bonds. The number of ether oxygens (including phenoxy) is 1. The van der Waals surface area contributed by atoms with Crippen molar-refractivity contribution in [1.29, 1.82) is 0 Å². The van der Waals surface area contributed by atoms with E-state index in [0.717, 1.165) is 45.9 Å². The lowest BCUT2D eigenvalue weighted by molar-refractivity contribution is 0.0690. The molecule has 1 N–H and O–H groups in total. The molecule has 0 atom stereocenters. The molecule has 2 rings (SSSR count). The molecule has 0 spiro atoms. The van der Waals surface area contributed by atoms with Crippen molar-refractivity contribution < 1.29 is 14.6 Å². The molecule has 7 heteroatoms. The highest BCUT2D eigenvalue weighted by Gasteiger charge is 2.18. The summed E-state index contributed by atoms with van der Waals surface area (Å²) >= 11 is 0. The van der Waals surface area contributed by atoms with E-state index < -0.39 is 5.97 Å². The summed E-state index contributed by atoms with van der Waals surface area (Å²) in [6.45, 7) is 7.97. The van der Waals surface area contributed by atoms with E-state index in [1.165, 1.54) is 12.4 Å².